The van der Waals surface area contributed by atoms with Crippen molar-refractivity contribution in [1.82, 2.24) is 0 Å². The molecule has 0 amide bonds. The van der Waals surface area contributed by atoms with Crippen LogP contribution in [0.25, 0.3) is 5.57 Å². The molecule has 4 heteroatoms. The third-order valence-electron chi connectivity index (χ3n) is 2.83. The second-order valence-corrected chi connectivity index (χ2v) is 4.82. The van der Waals surface area contributed by atoms with Crippen molar-refractivity contribution < 1.29 is 4.92 Å². The number of benzene rings is 1. The van der Waals surface area contributed by atoms with Crippen molar-refractivity contribution >= 4 is 21.5 Å². The molecule has 3 nitrogen and oxygen atoms in total. The van der Waals surface area contributed by atoms with Gasteiger partial charge in [-0.25, -0.2) is 0 Å². The summed E-state index contributed by atoms with van der Waals surface area (Å²) < 4.78 is 0.964. The van der Waals surface area contributed by atoms with E-state index in [0.29, 0.717) is 12.1 Å². The van der Waals surface area contributed by atoms with Crippen LogP contribution in [0.4, 0.5) is 0 Å². The Hall–Kier alpha value is -1.16. The molecule has 2 rings (SSSR count). The summed E-state index contributed by atoms with van der Waals surface area (Å²) in [5.74, 6) is 0. The fraction of sp³-hybridized carbons (Fsp3) is 0.333. The van der Waals surface area contributed by atoms with Crippen molar-refractivity contribution in [3.63, 3.8) is 0 Å². The van der Waals surface area contributed by atoms with Crippen molar-refractivity contribution in [3.8, 4) is 0 Å². The first-order chi connectivity index (χ1) is 7.68. The van der Waals surface area contributed by atoms with E-state index in [2.05, 4.69) is 15.9 Å². The minimum atomic E-state index is -0.227. The predicted molar refractivity (Wildman–Crippen MR) is 66.5 cm³/mol. The number of hydrogen-bond donors (Lipinski definition) is 0. The molecular formula is C12H12BrNO2. The lowest BCUT2D eigenvalue weighted by molar-refractivity contribution is -0.427. The molecule has 1 aliphatic rings. The topological polar surface area (TPSA) is 43.1 Å². The third-order valence-corrected chi connectivity index (χ3v) is 3.33. The first-order valence-electron chi connectivity index (χ1n) is 5.31. The summed E-state index contributed by atoms with van der Waals surface area (Å²) >= 11 is 3.39. The predicted octanol–water partition coefficient (Wildman–Crippen LogP) is 4.01. The second-order valence-electron chi connectivity index (χ2n) is 3.90. The van der Waals surface area contributed by atoms with Gasteiger partial charge < -0.3 is 0 Å². The molecule has 0 unspecified atom stereocenters. The van der Waals surface area contributed by atoms with Gasteiger partial charge >= 0.3 is 0 Å². The zero-order valence-corrected chi connectivity index (χ0v) is 10.4. The Kier molecular flexibility index (Phi) is 3.39. The SMILES string of the molecule is O=[N+]([O-])C1=C(c2cccc(Br)c2)CCCC1. The zero-order valence-electron chi connectivity index (χ0n) is 8.78. The Morgan fingerprint density at radius 2 is 2.00 bits per heavy atom. The molecule has 0 fully saturated rings. The lowest BCUT2D eigenvalue weighted by Crippen LogP contribution is -2.07. The minimum absolute atomic E-state index is 0.227. The standard InChI is InChI=1S/C12H12BrNO2/c13-10-5-3-4-9(8-10)11-6-1-2-7-12(11)14(15)16/h3-5,8H,1-2,6-7H2. The van der Waals surface area contributed by atoms with Gasteiger partial charge in [0.25, 0.3) is 0 Å². The highest BCUT2D eigenvalue weighted by Crippen LogP contribution is 2.33. The van der Waals surface area contributed by atoms with Crippen LogP contribution in [-0.4, -0.2) is 4.92 Å². The fourth-order valence-electron chi connectivity index (χ4n) is 2.08. The molecule has 0 spiro atoms. The molecule has 16 heavy (non-hydrogen) atoms. The van der Waals surface area contributed by atoms with Crippen molar-refractivity contribution in [3.05, 3.63) is 50.1 Å². The van der Waals surface area contributed by atoms with Crippen molar-refractivity contribution in [2.75, 3.05) is 0 Å². The summed E-state index contributed by atoms with van der Waals surface area (Å²) in [6.07, 6.45) is 3.37. The van der Waals surface area contributed by atoms with Crippen LogP contribution >= 0.6 is 15.9 Å². The van der Waals surface area contributed by atoms with Gasteiger partial charge in [-0.15, -0.1) is 0 Å². The van der Waals surface area contributed by atoms with Crippen LogP contribution < -0.4 is 0 Å². The zero-order chi connectivity index (χ0) is 11.5. The molecule has 0 saturated heterocycles. The number of allylic oxidation sites excluding steroid dienone is 2. The van der Waals surface area contributed by atoms with Gasteiger partial charge in [0.1, 0.15) is 0 Å². The number of halogens is 1. The van der Waals surface area contributed by atoms with Crippen LogP contribution in [0.2, 0.25) is 0 Å². The summed E-state index contributed by atoms with van der Waals surface area (Å²) in [7, 11) is 0. The first kappa shape index (κ1) is 11.3. The number of nitro groups is 1. The quantitative estimate of drug-likeness (QED) is 0.607. The van der Waals surface area contributed by atoms with E-state index in [1.54, 1.807) is 0 Å². The maximum Gasteiger partial charge on any atom is 0.249 e. The average molecular weight is 282 g/mol. The molecule has 1 aromatic rings. The van der Waals surface area contributed by atoms with Crippen LogP contribution in [0.3, 0.4) is 0 Å². The van der Waals surface area contributed by atoms with Gasteiger partial charge in [-0.05, 0) is 37.0 Å². The Morgan fingerprint density at radius 3 is 2.69 bits per heavy atom. The van der Waals surface area contributed by atoms with E-state index >= 15 is 0 Å². The molecule has 0 aliphatic heterocycles. The maximum absolute atomic E-state index is 11.0. The normalized spacial score (nSPS) is 16.3. The van der Waals surface area contributed by atoms with E-state index in [0.717, 1.165) is 34.9 Å². The van der Waals surface area contributed by atoms with Crippen molar-refractivity contribution in [2.45, 2.75) is 25.7 Å². The highest BCUT2D eigenvalue weighted by molar-refractivity contribution is 9.10. The molecule has 0 radical (unpaired) electrons. The second kappa shape index (κ2) is 4.78. The number of nitrogens with zero attached hydrogens (tertiary/aromatic N) is 1. The highest BCUT2D eigenvalue weighted by Gasteiger charge is 2.23. The summed E-state index contributed by atoms with van der Waals surface area (Å²) in [6, 6.07) is 7.73. The summed E-state index contributed by atoms with van der Waals surface area (Å²) in [4.78, 5) is 10.7. The van der Waals surface area contributed by atoms with Crippen molar-refractivity contribution in [1.29, 1.82) is 0 Å². The van der Waals surface area contributed by atoms with E-state index < -0.39 is 0 Å². The van der Waals surface area contributed by atoms with Gasteiger partial charge in [0.05, 0.1) is 4.92 Å². The third kappa shape index (κ3) is 2.32. The molecule has 0 N–H and O–H groups in total. The van der Waals surface area contributed by atoms with Gasteiger partial charge in [0.2, 0.25) is 5.70 Å². The van der Waals surface area contributed by atoms with Crippen molar-refractivity contribution in [2.24, 2.45) is 0 Å². The molecular weight excluding hydrogens is 270 g/mol. The lowest BCUT2D eigenvalue weighted by Gasteiger charge is -2.14. The van der Waals surface area contributed by atoms with E-state index in [9.17, 15) is 10.1 Å². The van der Waals surface area contributed by atoms with Crippen LogP contribution in [0, 0.1) is 10.1 Å². The maximum atomic E-state index is 11.0. The summed E-state index contributed by atoms with van der Waals surface area (Å²) in [6.45, 7) is 0. The van der Waals surface area contributed by atoms with Gasteiger partial charge in [-0.1, -0.05) is 28.1 Å². The Bertz CT molecular complexity index is 454. The van der Waals surface area contributed by atoms with E-state index in [4.69, 9.17) is 0 Å². The van der Waals surface area contributed by atoms with E-state index in [1.807, 2.05) is 24.3 Å². The average Bonchev–Trinajstić information content (AvgIpc) is 2.29. The monoisotopic (exact) mass is 281 g/mol. The smallest absolute Gasteiger partial charge is 0.249 e. The van der Waals surface area contributed by atoms with Crippen LogP contribution in [0.15, 0.2) is 34.4 Å². The largest absolute Gasteiger partial charge is 0.259 e. The van der Waals surface area contributed by atoms with Gasteiger partial charge in [0.15, 0.2) is 0 Å². The fourth-order valence-corrected chi connectivity index (χ4v) is 2.48. The number of hydrogen-bond acceptors (Lipinski definition) is 2. The van der Waals surface area contributed by atoms with Gasteiger partial charge in [-0.3, -0.25) is 10.1 Å². The molecule has 0 aromatic heterocycles. The van der Waals surface area contributed by atoms with Crippen LogP contribution in [0.1, 0.15) is 31.2 Å². The molecule has 0 saturated carbocycles. The molecule has 84 valence electrons. The Labute approximate surface area is 102 Å². The van der Waals surface area contributed by atoms with Gasteiger partial charge in [0, 0.05) is 16.5 Å². The van der Waals surface area contributed by atoms with E-state index in [-0.39, 0.29) is 4.92 Å². The Morgan fingerprint density at radius 1 is 1.25 bits per heavy atom. The summed E-state index contributed by atoms with van der Waals surface area (Å²) in [5, 5.41) is 11.0. The lowest BCUT2D eigenvalue weighted by atomic mass is 9.91. The minimum Gasteiger partial charge on any atom is -0.259 e. The molecule has 0 heterocycles. The first-order valence-corrected chi connectivity index (χ1v) is 6.10. The van der Waals surface area contributed by atoms with Gasteiger partial charge in [-0.2, -0.15) is 0 Å². The molecule has 0 bridgehead atoms. The van der Waals surface area contributed by atoms with Crippen LogP contribution in [-0.2, 0) is 0 Å². The molecule has 1 aromatic carbocycles. The number of rotatable bonds is 2. The Balaban J connectivity index is 2.47. The molecule has 1 aliphatic carbocycles. The molecule has 0 atom stereocenters. The van der Waals surface area contributed by atoms with Crippen LogP contribution in [0.5, 0.6) is 0 Å². The summed E-state index contributed by atoms with van der Waals surface area (Å²) in [5.41, 5.74) is 2.27. The highest BCUT2D eigenvalue weighted by atomic mass is 79.9. The van der Waals surface area contributed by atoms with E-state index in [1.165, 1.54) is 0 Å².